The molecule has 2 heterocycles. The van der Waals surface area contributed by atoms with Crippen molar-refractivity contribution in [1.29, 1.82) is 0 Å². The van der Waals surface area contributed by atoms with Crippen LogP contribution >= 0.6 is 34.2 Å². The van der Waals surface area contributed by atoms with Crippen LogP contribution in [0.5, 0.6) is 0 Å². The van der Waals surface area contributed by atoms with Gasteiger partial charge in [0.1, 0.15) is 9.30 Å². The van der Waals surface area contributed by atoms with Gasteiger partial charge in [0.25, 0.3) is 10.0 Å². The van der Waals surface area contributed by atoms with Crippen molar-refractivity contribution in [3.8, 4) is 0 Å². The number of ether oxygens (including phenoxy) is 1. The van der Waals surface area contributed by atoms with E-state index in [9.17, 15) is 13.2 Å². The predicted octanol–water partition coefficient (Wildman–Crippen LogP) is 2.55. The summed E-state index contributed by atoms with van der Waals surface area (Å²) in [6, 6.07) is 0. The molecule has 7 nitrogen and oxygen atoms in total. The smallest absolute Gasteiger partial charge is 0.410 e. The quantitative estimate of drug-likeness (QED) is 0.494. The zero-order valence-corrected chi connectivity index (χ0v) is 16.9. The summed E-state index contributed by atoms with van der Waals surface area (Å²) in [5, 5.41) is 4.17. The minimum atomic E-state index is -3.52. The maximum atomic E-state index is 12.3. The average Bonchev–Trinajstić information content (AvgIpc) is 2.95. The van der Waals surface area contributed by atoms with Crippen LogP contribution in [0.1, 0.15) is 38.4 Å². The molecule has 0 radical (unpaired) electrons. The van der Waals surface area contributed by atoms with E-state index in [2.05, 4.69) is 5.10 Å². The largest absolute Gasteiger partial charge is 0.444 e. The Kier molecular flexibility index (Phi) is 5.51. The van der Waals surface area contributed by atoms with Crippen LogP contribution < -0.4 is 0 Å². The zero-order valence-electron chi connectivity index (χ0n) is 13.2. The second-order valence-corrected chi connectivity index (χ2v) is 9.57. The van der Waals surface area contributed by atoms with Gasteiger partial charge in [-0.05, 0) is 49.8 Å². The van der Waals surface area contributed by atoms with E-state index in [1.165, 1.54) is 4.90 Å². The van der Waals surface area contributed by atoms with Crippen molar-refractivity contribution in [1.82, 2.24) is 14.1 Å². The van der Waals surface area contributed by atoms with Gasteiger partial charge in [-0.15, -0.1) is 11.6 Å². The molecule has 1 aromatic rings. The van der Waals surface area contributed by atoms with Crippen LogP contribution in [-0.4, -0.2) is 45.8 Å². The number of aromatic nitrogens is 2. The normalized spacial score (nSPS) is 14.9. The van der Waals surface area contributed by atoms with Gasteiger partial charge in [-0.1, -0.05) is 0 Å². The Morgan fingerprint density at radius 2 is 2.04 bits per heavy atom. The first kappa shape index (κ1) is 18.8. The highest BCUT2D eigenvalue weighted by Crippen LogP contribution is 2.29. The first-order valence-electron chi connectivity index (χ1n) is 7.08. The van der Waals surface area contributed by atoms with E-state index in [4.69, 9.17) is 16.3 Å². The van der Waals surface area contributed by atoms with E-state index in [1.807, 2.05) is 22.6 Å². The molecule has 1 aliphatic heterocycles. The number of carbonyl (C=O) groups is 1. The van der Waals surface area contributed by atoms with E-state index >= 15 is 0 Å². The topological polar surface area (TPSA) is 81.5 Å². The van der Waals surface area contributed by atoms with Crippen LogP contribution in [0.15, 0.2) is 0 Å². The minimum Gasteiger partial charge on any atom is -0.444 e. The number of alkyl halides is 1. The highest BCUT2D eigenvalue weighted by Gasteiger charge is 2.34. The van der Waals surface area contributed by atoms with Gasteiger partial charge in [-0.3, -0.25) is 4.90 Å². The van der Waals surface area contributed by atoms with Crippen LogP contribution in [0.25, 0.3) is 0 Å². The molecule has 0 spiro atoms. The molecule has 10 heteroatoms. The van der Waals surface area contributed by atoms with Crippen molar-refractivity contribution in [2.45, 2.75) is 45.9 Å². The Morgan fingerprint density at radius 3 is 2.57 bits per heavy atom. The van der Waals surface area contributed by atoms with E-state index in [-0.39, 0.29) is 18.2 Å². The third-order valence-corrected chi connectivity index (χ3v) is 6.42. The standard InChI is InChI=1S/C13H19ClIN3O4S/c1-13(2,3)22-12(19)17-7-9-10(8-17)16-18(11(9)15)23(20,21)6-4-5-14/h4-8H2,1-3H3. The summed E-state index contributed by atoms with van der Waals surface area (Å²) in [7, 11) is -3.52. The van der Waals surface area contributed by atoms with Gasteiger partial charge in [0.2, 0.25) is 0 Å². The Labute approximate surface area is 154 Å². The molecule has 0 aromatic carbocycles. The lowest BCUT2D eigenvalue weighted by Gasteiger charge is -2.24. The van der Waals surface area contributed by atoms with Crippen molar-refractivity contribution >= 4 is 50.3 Å². The van der Waals surface area contributed by atoms with Gasteiger partial charge in [-0.25, -0.2) is 13.2 Å². The molecule has 1 aliphatic rings. The molecule has 1 aromatic heterocycles. The van der Waals surface area contributed by atoms with Gasteiger partial charge >= 0.3 is 6.09 Å². The SMILES string of the molecule is CC(C)(C)OC(=O)N1Cc2nn(S(=O)(=O)CCCCl)c(I)c2C1. The molecule has 1 amide bonds. The maximum Gasteiger partial charge on any atom is 0.410 e. The van der Waals surface area contributed by atoms with Crippen molar-refractivity contribution in [3.05, 3.63) is 15.0 Å². The summed E-state index contributed by atoms with van der Waals surface area (Å²) >= 11 is 7.51. The van der Waals surface area contributed by atoms with Crippen LogP contribution in [0.4, 0.5) is 4.79 Å². The fourth-order valence-electron chi connectivity index (χ4n) is 2.12. The van der Waals surface area contributed by atoms with Crippen LogP contribution in [0.3, 0.4) is 0 Å². The highest BCUT2D eigenvalue weighted by atomic mass is 127. The first-order chi connectivity index (χ1) is 10.5. The lowest BCUT2D eigenvalue weighted by atomic mass is 10.2. The summed E-state index contributed by atoms with van der Waals surface area (Å²) in [4.78, 5) is 13.6. The van der Waals surface area contributed by atoms with E-state index in [0.29, 0.717) is 22.4 Å². The Bertz CT molecular complexity index is 712. The van der Waals surface area contributed by atoms with Gasteiger partial charge in [0.05, 0.1) is 24.5 Å². The van der Waals surface area contributed by atoms with Crippen LogP contribution in [0.2, 0.25) is 0 Å². The molecule has 0 saturated heterocycles. The number of hydrogen-bond acceptors (Lipinski definition) is 5. The van der Waals surface area contributed by atoms with Crippen LogP contribution in [-0.2, 0) is 27.8 Å². The summed E-state index contributed by atoms with van der Waals surface area (Å²) < 4.78 is 31.4. The minimum absolute atomic E-state index is 0.0527. The second-order valence-electron chi connectivity index (χ2n) is 6.25. The molecule has 0 saturated carbocycles. The number of hydrogen-bond donors (Lipinski definition) is 0. The Morgan fingerprint density at radius 1 is 1.39 bits per heavy atom. The van der Waals surface area contributed by atoms with Gasteiger partial charge < -0.3 is 4.74 Å². The van der Waals surface area contributed by atoms with Crippen molar-refractivity contribution in [3.63, 3.8) is 0 Å². The first-order valence-corrected chi connectivity index (χ1v) is 10.3. The van der Waals surface area contributed by atoms with Gasteiger partial charge in [-0.2, -0.15) is 9.19 Å². The van der Waals surface area contributed by atoms with Crippen molar-refractivity contribution < 1.29 is 17.9 Å². The number of amides is 1. The summed E-state index contributed by atoms with van der Waals surface area (Å²) in [5.74, 6) is 0.228. The number of nitrogens with zero attached hydrogens (tertiary/aromatic N) is 3. The molecule has 0 atom stereocenters. The lowest BCUT2D eigenvalue weighted by molar-refractivity contribution is 0.0239. The molecule has 23 heavy (non-hydrogen) atoms. The number of halogens is 2. The molecule has 0 unspecified atom stereocenters. The lowest BCUT2D eigenvalue weighted by Crippen LogP contribution is -2.34. The maximum absolute atomic E-state index is 12.3. The van der Waals surface area contributed by atoms with Crippen LogP contribution in [0, 0.1) is 3.70 Å². The van der Waals surface area contributed by atoms with Gasteiger partial charge in [0, 0.05) is 11.4 Å². The molecule has 0 aliphatic carbocycles. The Balaban J connectivity index is 2.17. The second kappa shape index (κ2) is 6.75. The molecular weight excluding hydrogens is 457 g/mol. The summed E-state index contributed by atoms with van der Waals surface area (Å²) in [6.45, 7) is 5.94. The fraction of sp³-hybridized carbons (Fsp3) is 0.692. The fourth-order valence-corrected chi connectivity index (χ4v) is 5.16. The molecule has 130 valence electrons. The molecule has 0 N–H and O–H groups in total. The molecule has 0 fully saturated rings. The highest BCUT2D eigenvalue weighted by molar-refractivity contribution is 14.1. The van der Waals surface area contributed by atoms with Crippen molar-refractivity contribution in [2.75, 3.05) is 11.6 Å². The van der Waals surface area contributed by atoms with E-state index < -0.39 is 21.7 Å². The Hall–Kier alpha value is -0.550. The van der Waals surface area contributed by atoms with Crippen molar-refractivity contribution in [2.24, 2.45) is 0 Å². The number of rotatable bonds is 4. The third-order valence-electron chi connectivity index (χ3n) is 3.12. The monoisotopic (exact) mass is 475 g/mol. The van der Waals surface area contributed by atoms with E-state index in [0.717, 1.165) is 9.65 Å². The zero-order chi connectivity index (χ0) is 17.4. The predicted molar refractivity (Wildman–Crippen MR) is 94.9 cm³/mol. The third kappa shape index (κ3) is 4.30. The average molecular weight is 476 g/mol. The number of carbonyl (C=O) groups excluding carboxylic acids is 1. The molecule has 0 bridgehead atoms. The summed E-state index contributed by atoms with van der Waals surface area (Å²) in [5.41, 5.74) is 0.773. The summed E-state index contributed by atoms with van der Waals surface area (Å²) in [6.07, 6.45) is -0.0583. The molecule has 2 rings (SSSR count). The van der Waals surface area contributed by atoms with E-state index in [1.54, 1.807) is 20.8 Å². The molecular formula is C13H19ClIN3O4S. The number of fused-ring (bicyclic) bond motifs is 1. The van der Waals surface area contributed by atoms with Gasteiger partial charge in [0.15, 0.2) is 0 Å².